The summed E-state index contributed by atoms with van der Waals surface area (Å²) in [4.78, 5) is 12.8. The van der Waals surface area contributed by atoms with E-state index < -0.39 is 6.10 Å². The Kier molecular flexibility index (Phi) is 4.54. The van der Waals surface area contributed by atoms with Crippen LogP contribution in [0.5, 0.6) is 0 Å². The van der Waals surface area contributed by atoms with Crippen molar-refractivity contribution in [1.29, 1.82) is 0 Å². The Labute approximate surface area is 135 Å². The number of rotatable bonds is 4. The van der Waals surface area contributed by atoms with Crippen LogP contribution in [0, 0.1) is 5.82 Å². The molecule has 2 aromatic rings. The minimum Gasteiger partial charge on any atom is -0.387 e. The Balaban J connectivity index is 1.76. The van der Waals surface area contributed by atoms with Gasteiger partial charge in [-0.3, -0.25) is 4.90 Å². The fourth-order valence-electron chi connectivity index (χ4n) is 3.01. The molecule has 0 unspecified atom stereocenters. The fourth-order valence-corrected chi connectivity index (χ4v) is 3.01. The molecule has 1 aliphatic heterocycles. The summed E-state index contributed by atoms with van der Waals surface area (Å²) in [6.45, 7) is 1.85. The molecule has 2 heterocycles. The molecule has 0 radical (unpaired) electrons. The maximum atomic E-state index is 13.8. The first kappa shape index (κ1) is 15.8. The number of aromatic nitrogens is 2. The molecule has 0 spiro atoms. The molecule has 23 heavy (non-hydrogen) atoms. The van der Waals surface area contributed by atoms with Crippen LogP contribution >= 0.6 is 0 Å². The second-order valence-corrected chi connectivity index (χ2v) is 6.04. The highest BCUT2D eigenvalue weighted by atomic mass is 19.1. The zero-order valence-corrected chi connectivity index (χ0v) is 13.4. The lowest BCUT2D eigenvalue weighted by Crippen LogP contribution is -2.35. The molecule has 0 aliphatic carbocycles. The largest absolute Gasteiger partial charge is 0.387 e. The van der Waals surface area contributed by atoms with Crippen LogP contribution in [-0.4, -0.2) is 47.2 Å². The smallest absolute Gasteiger partial charge is 0.136 e. The zero-order valence-electron chi connectivity index (χ0n) is 13.4. The summed E-state index contributed by atoms with van der Waals surface area (Å²) in [7, 11) is 3.91. The normalized spacial score (nSPS) is 16.0. The third-order valence-corrected chi connectivity index (χ3v) is 4.18. The number of halogens is 1. The van der Waals surface area contributed by atoms with Crippen molar-refractivity contribution in [3.63, 3.8) is 0 Å². The lowest BCUT2D eigenvalue weighted by Gasteiger charge is -2.31. The van der Waals surface area contributed by atoms with Gasteiger partial charge in [0.15, 0.2) is 0 Å². The van der Waals surface area contributed by atoms with Crippen molar-refractivity contribution in [2.45, 2.75) is 19.1 Å². The molecule has 1 atom stereocenters. The summed E-state index contributed by atoms with van der Waals surface area (Å²) < 4.78 is 13.8. The summed E-state index contributed by atoms with van der Waals surface area (Å²) in [5.41, 5.74) is 2.49. The van der Waals surface area contributed by atoms with E-state index in [1.165, 1.54) is 6.07 Å². The summed E-state index contributed by atoms with van der Waals surface area (Å²) >= 11 is 0. The number of anilines is 1. The molecule has 0 saturated heterocycles. The van der Waals surface area contributed by atoms with Gasteiger partial charge < -0.3 is 10.0 Å². The van der Waals surface area contributed by atoms with E-state index in [4.69, 9.17) is 0 Å². The van der Waals surface area contributed by atoms with Gasteiger partial charge in [-0.1, -0.05) is 18.2 Å². The van der Waals surface area contributed by atoms with E-state index in [1.807, 2.05) is 19.0 Å². The second kappa shape index (κ2) is 6.60. The zero-order chi connectivity index (χ0) is 16.4. The van der Waals surface area contributed by atoms with Gasteiger partial charge in [0.05, 0.1) is 11.8 Å². The van der Waals surface area contributed by atoms with Gasteiger partial charge in [-0.15, -0.1) is 0 Å². The number of fused-ring (bicyclic) bond motifs is 1. The van der Waals surface area contributed by atoms with Crippen LogP contribution in [-0.2, 0) is 13.0 Å². The minimum atomic E-state index is -0.842. The molecule has 3 rings (SSSR count). The summed E-state index contributed by atoms with van der Waals surface area (Å²) in [6, 6.07) is 6.38. The van der Waals surface area contributed by atoms with Gasteiger partial charge in [-0.05, 0) is 6.07 Å². The molecule has 6 heteroatoms. The summed E-state index contributed by atoms with van der Waals surface area (Å²) in [5, 5.41) is 10.4. The van der Waals surface area contributed by atoms with Gasteiger partial charge in [-0.2, -0.15) is 0 Å². The average Bonchev–Trinajstić information content (AvgIpc) is 2.54. The van der Waals surface area contributed by atoms with E-state index in [2.05, 4.69) is 14.9 Å². The van der Waals surface area contributed by atoms with Crippen molar-refractivity contribution in [3.8, 4) is 0 Å². The number of aliphatic hydroxyl groups is 1. The molecule has 1 aromatic heterocycles. The third kappa shape index (κ3) is 3.33. The SMILES string of the molecule is CN(C)c1ncnc2c1CN(C[C@H](O)c1ccccc1F)CC2. The van der Waals surface area contributed by atoms with E-state index in [0.717, 1.165) is 30.0 Å². The van der Waals surface area contributed by atoms with E-state index in [9.17, 15) is 9.50 Å². The molecular weight excluding hydrogens is 295 g/mol. The quantitative estimate of drug-likeness (QED) is 0.932. The Morgan fingerprint density at radius 2 is 2.09 bits per heavy atom. The highest BCUT2D eigenvalue weighted by Crippen LogP contribution is 2.26. The summed E-state index contributed by atoms with van der Waals surface area (Å²) in [6.07, 6.45) is 1.56. The van der Waals surface area contributed by atoms with Crippen LogP contribution < -0.4 is 4.90 Å². The van der Waals surface area contributed by atoms with Crippen LogP contribution in [0.1, 0.15) is 22.9 Å². The maximum absolute atomic E-state index is 13.8. The Morgan fingerprint density at radius 3 is 2.83 bits per heavy atom. The van der Waals surface area contributed by atoms with Gasteiger partial charge >= 0.3 is 0 Å². The number of hydrogen-bond acceptors (Lipinski definition) is 5. The predicted octanol–water partition coefficient (Wildman–Crippen LogP) is 1.77. The summed E-state index contributed by atoms with van der Waals surface area (Å²) in [5.74, 6) is 0.537. The van der Waals surface area contributed by atoms with Crippen molar-refractivity contribution in [1.82, 2.24) is 14.9 Å². The highest BCUT2D eigenvalue weighted by molar-refractivity contribution is 5.48. The molecule has 1 aliphatic rings. The maximum Gasteiger partial charge on any atom is 0.136 e. The van der Waals surface area contributed by atoms with Gasteiger partial charge in [0.2, 0.25) is 0 Å². The average molecular weight is 316 g/mol. The molecule has 122 valence electrons. The molecule has 0 saturated carbocycles. The van der Waals surface area contributed by atoms with Gasteiger partial charge in [-0.25, -0.2) is 14.4 Å². The minimum absolute atomic E-state index is 0.343. The van der Waals surface area contributed by atoms with E-state index in [-0.39, 0.29) is 5.82 Å². The molecule has 1 N–H and O–H groups in total. The second-order valence-electron chi connectivity index (χ2n) is 6.04. The molecule has 5 nitrogen and oxygen atoms in total. The number of hydrogen-bond donors (Lipinski definition) is 1. The number of aliphatic hydroxyl groups excluding tert-OH is 1. The van der Waals surface area contributed by atoms with Crippen molar-refractivity contribution in [2.24, 2.45) is 0 Å². The van der Waals surface area contributed by atoms with E-state index in [1.54, 1.807) is 24.5 Å². The van der Waals surface area contributed by atoms with Crippen LogP contribution in [0.15, 0.2) is 30.6 Å². The topological polar surface area (TPSA) is 52.5 Å². The standard InChI is InChI=1S/C17H21FN4O/c1-21(2)17-13-9-22(8-7-15(13)19-11-20-17)10-16(23)12-5-3-4-6-14(12)18/h3-6,11,16,23H,7-10H2,1-2H3/t16-/m0/s1. The lowest BCUT2D eigenvalue weighted by atomic mass is 10.0. The first-order valence-electron chi connectivity index (χ1n) is 7.71. The first-order valence-corrected chi connectivity index (χ1v) is 7.71. The first-order chi connectivity index (χ1) is 11.1. The van der Waals surface area contributed by atoms with Crippen molar-refractivity contribution >= 4 is 5.82 Å². The van der Waals surface area contributed by atoms with Gasteiger partial charge in [0.1, 0.15) is 18.0 Å². The lowest BCUT2D eigenvalue weighted by molar-refractivity contribution is 0.102. The Bertz CT molecular complexity index is 692. The third-order valence-electron chi connectivity index (χ3n) is 4.18. The van der Waals surface area contributed by atoms with Gasteiger partial charge in [0.25, 0.3) is 0 Å². The van der Waals surface area contributed by atoms with Crippen LogP contribution in [0.4, 0.5) is 10.2 Å². The van der Waals surface area contributed by atoms with Crippen molar-refractivity contribution in [3.05, 3.63) is 53.2 Å². The Morgan fingerprint density at radius 1 is 1.30 bits per heavy atom. The monoisotopic (exact) mass is 316 g/mol. The molecule has 0 amide bonds. The number of nitrogens with zero attached hydrogens (tertiary/aromatic N) is 4. The van der Waals surface area contributed by atoms with Crippen molar-refractivity contribution < 1.29 is 9.50 Å². The van der Waals surface area contributed by atoms with E-state index in [0.29, 0.717) is 18.7 Å². The Hall–Kier alpha value is -2.05. The fraction of sp³-hybridized carbons (Fsp3) is 0.412. The van der Waals surface area contributed by atoms with Gasteiger partial charge in [0, 0.05) is 51.3 Å². The van der Waals surface area contributed by atoms with Crippen LogP contribution in [0.3, 0.4) is 0 Å². The predicted molar refractivity (Wildman–Crippen MR) is 86.7 cm³/mol. The molecule has 0 bridgehead atoms. The number of benzene rings is 1. The number of β-amino-alcohol motifs (C(OH)–C–C–N with tert-alkyl or cyclic N) is 1. The molecule has 0 fully saturated rings. The highest BCUT2D eigenvalue weighted by Gasteiger charge is 2.24. The molecular formula is C17H21FN4O. The van der Waals surface area contributed by atoms with Crippen LogP contribution in [0.2, 0.25) is 0 Å². The van der Waals surface area contributed by atoms with Crippen LogP contribution in [0.25, 0.3) is 0 Å². The molecule has 1 aromatic carbocycles. The van der Waals surface area contributed by atoms with E-state index >= 15 is 0 Å². The van der Waals surface area contributed by atoms with Crippen molar-refractivity contribution in [2.75, 3.05) is 32.1 Å².